The zero-order valence-corrected chi connectivity index (χ0v) is 18.8. The van der Waals surface area contributed by atoms with E-state index in [-0.39, 0.29) is 26.0 Å². The van der Waals surface area contributed by atoms with Gasteiger partial charge in [0.05, 0.1) is 0 Å². The fraction of sp³-hybridized carbons (Fsp3) is 0.0690. The van der Waals surface area contributed by atoms with E-state index >= 15 is 0 Å². The maximum absolute atomic E-state index is 5.73. The molecule has 1 aliphatic carbocycles. The van der Waals surface area contributed by atoms with E-state index in [0.29, 0.717) is 12.2 Å². The van der Waals surface area contributed by atoms with Crippen molar-refractivity contribution in [2.24, 2.45) is 0 Å². The number of benzene rings is 5. The van der Waals surface area contributed by atoms with E-state index in [1.807, 2.05) is 0 Å². The van der Waals surface area contributed by atoms with Gasteiger partial charge < -0.3 is 12.2 Å². The van der Waals surface area contributed by atoms with Gasteiger partial charge >= 0.3 is 0 Å². The molecule has 2 aliphatic rings. The van der Waals surface area contributed by atoms with Gasteiger partial charge in [-0.05, 0) is 43.8 Å². The molecule has 0 aromatic heterocycles. The molecule has 0 spiro atoms. The summed E-state index contributed by atoms with van der Waals surface area (Å²) in [6.07, 6.45) is 0.632. The van der Waals surface area contributed by atoms with Crippen molar-refractivity contribution in [1.29, 1.82) is 0 Å². The molecular formula is C29H23OV-. The van der Waals surface area contributed by atoms with Crippen molar-refractivity contribution < 1.29 is 23.3 Å². The van der Waals surface area contributed by atoms with Gasteiger partial charge in [-0.1, -0.05) is 109 Å². The summed E-state index contributed by atoms with van der Waals surface area (Å²) in [7, 11) is 0. The van der Waals surface area contributed by atoms with Crippen LogP contribution in [0.1, 0.15) is 23.3 Å². The average Bonchev–Trinajstić information content (AvgIpc) is 3.61. The molecule has 1 fully saturated rings. The second kappa shape index (κ2) is 8.73. The molecule has 0 saturated carbocycles. The van der Waals surface area contributed by atoms with Gasteiger partial charge in [-0.2, -0.15) is 0 Å². The van der Waals surface area contributed by atoms with Crippen LogP contribution in [0.4, 0.5) is 0 Å². The van der Waals surface area contributed by atoms with Crippen LogP contribution in [0.25, 0.3) is 32.7 Å². The number of epoxide rings is 1. The molecular weight excluding hydrogens is 415 g/mol. The Kier molecular flexibility index (Phi) is 6.02. The zero-order valence-electron chi connectivity index (χ0n) is 17.4. The van der Waals surface area contributed by atoms with Crippen molar-refractivity contribution in [2.75, 3.05) is 0 Å². The van der Waals surface area contributed by atoms with Gasteiger partial charge in [-0.3, -0.25) is 0 Å². The summed E-state index contributed by atoms with van der Waals surface area (Å²) >= 11 is 0. The van der Waals surface area contributed by atoms with Gasteiger partial charge in [0.2, 0.25) is 0 Å². The van der Waals surface area contributed by atoms with Crippen molar-refractivity contribution in [3.63, 3.8) is 0 Å². The molecule has 0 amide bonds. The van der Waals surface area contributed by atoms with Crippen molar-refractivity contribution in [3.05, 3.63) is 128 Å². The van der Waals surface area contributed by atoms with Crippen LogP contribution in [0.2, 0.25) is 0 Å². The number of ether oxygens (including phenoxy) is 1. The summed E-state index contributed by atoms with van der Waals surface area (Å²) in [6.45, 7) is 0. The monoisotopic (exact) mass is 438 g/mol. The Balaban J connectivity index is 0.000000140. The predicted octanol–water partition coefficient (Wildman–Crippen LogP) is 7.92. The average molecular weight is 438 g/mol. The van der Waals surface area contributed by atoms with Crippen LogP contribution in [0.5, 0.6) is 0 Å². The summed E-state index contributed by atoms with van der Waals surface area (Å²) in [4.78, 5) is 0. The molecule has 1 aliphatic heterocycles. The molecule has 1 heterocycles. The molecule has 5 aromatic rings. The van der Waals surface area contributed by atoms with Gasteiger partial charge in [0.25, 0.3) is 0 Å². The largest absolute Gasteiger partial charge is 0.359 e. The maximum atomic E-state index is 5.73. The summed E-state index contributed by atoms with van der Waals surface area (Å²) in [5, 5.41) is 5.30. The van der Waals surface area contributed by atoms with E-state index in [2.05, 4.69) is 109 Å². The third-order valence-corrected chi connectivity index (χ3v) is 5.97. The van der Waals surface area contributed by atoms with Crippen molar-refractivity contribution in [2.45, 2.75) is 12.2 Å². The Bertz CT molecular complexity index is 1250. The SMILES string of the molecule is [CH3-].[V].c1ccc2c(c1)-c1ccccc1C1OC21.c1ccc2c(c1)ccc1ccccc12. The smallest absolute Gasteiger partial charge is 0.114 e. The second-order valence-electron chi connectivity index (χ2n) is 7.66. The Morgan fingerprint density at radius 3 is 1.32 bits per heavy atom. The summed E-state index contributed by atoms with van der Waals surface area (Å²) in [5.74, 6) is 0. The normalized spacial score (nSPS) is 17.0. The number of hydrogen-bond donors (Lipinski definition) is 0. The minimum Gasteiger partial charge on any atom is -0.359 e. The standard InChI is InChI=1S/C14H10O.C14H10.CH3.V/c1-3-7-11-9(5-1)10-6-2-4-8-12(10)14-13(11)15-14;1-3-7-13-11(5-1)9-10-12-6-2-4-8-14(12)13;;/h1-8,13-14H;1-10H;1H3;/q;;-1;. The molecule has 1 radical (unpaired) electrons. The van der Waals surface area contributed by atoms with Gasteiger partial charge in [-0.15, -0.1) is 0 Å². The van der Waals surface area contributed by atoms with E-state index in [9.17, 15) is 0 Å². The molecule has 31 heavy (non-hydrogen) atoms. The maximum Gasteiger partial charge on any atom is 0.114 e. The van der Waals surface area contributed by atoms with Crippen LogP contribution in [0, 0.1) is 7.43 Å². The Hall–Kier alpha value is -2.84. The van der Waals surface area contributed by atoms with Crippen LogP contribution < -0.4 is 0 Å². The van der Waals surface area contributed by atoms with E-state index in [4.69, 9.17) is 4.74 Å². The fourth-order valence-corrected chi connectivity index (χ4v) is 4.52. The molecule has 5 aromatic carbocycles. The Morgan fingerprint density at radius 1 is 0.452 bits per heavy atom. The van der Waals surface area contributed by atoms with Gasteiger partial charge in [0, 0.05) is 18.6 Å². The second-order valence-corrected chi connectivity index (χ2v) is 7.66. The van der Waals surface area contributed by atoms with Crippen LogP contribution in [-0.2, 0) is 23.3 Å². The molecule has 2 heteroatoms. The van der Waals surface area contributed by atoms with E-state index in [1.165, 1.54) is 43.8 Å². The fourth-order valence-electron chi connectivity index (χ4n) is 4.52. The first-order valence-electron chi connectivity index (χ1n) is 10.1. The molecule has 2 atom stereocenters. The van der Waals surface area contributed by atoms with Crippen LogP contribution in [0.3, 0.4) is 0 Å². The molecule has 2 unspecified atom stereocenters. The molecule has 1 nitrogen and oxygen atoms in total. The molecule has 7 rings (SSSR count). The summed E-state index contributed by atoms with van der Waals surface area (Å²) in [6, 6.07) is 38.5. The molecule has 1 saturated heterocycles. The first kappa shape index (κ1) is 21.4. The van der Waals surface area contributed by atoms with Gasteiger partial charge in [0.15, 0.2) is 0 Å². The Labute approximate surface area is 195 Å². The first-order chi connectivity index (χ1) is 14.4. The van der Waals surface area contributed by atoms with Crippen LogP contribution in [-0.4, -0.2) is 0 Å². The van der Waals surface area contributed by atoms with E-state index in [1.54, 1.807) is 0 Å². The summed E-state index contributed by atoms with van der Waals surface area (Å²) < 4.78 is 5.73. The number of rotatable bonds is 0. The molecule has 0 N–H and O–H groups in total. The third kappa shape index (κ3) is 3.70. The van der Waals surface area contributed by atoms with Crippen molar-refractivity contribution in [3.8, 4) is 11.1 Å². The molecule has 0 bridgehead atoms. The number of fused-ring (bicyclic) bond motifs is 9. The third-order valence-electron chi connectivity index (χ3n) is 5.97. The van der Waals surface area contributed by atoms with Gasteiger partial charge in [0.1, 0.15) is 12.2 Å². The van der Waals surface area contributed by atoms with E-state index in [0.717, 1.165) is 0 Å². The number of hydrogen-bond acceptors (Lipinski definition) is 1. The Morgan fingerprint density at radius 2 is 0.839 bits per heavy atom. The minimum absolute atomic E-state index is 0. The van der Waals surface area contributed by atoms with Crippen molar-refractivity contribution in [1.82, 2.24) is 0 Å². The van der Waals surface area contributed by atoms with E-state index < -0.39 is 0 Å². The quantitative estimate of drug-likeness (QED) is 0.136. The first-order valence-corrected chi connectivity index (χ1v) is 10.1. The molecule has 151 valence electrons. The van der Waals surface area contributed by atoms with Crippen molar-refractivity contribution >= 4 is 21.5 Å². The topological polar surface area (TPSA) is 12.5 Å². The zero-order chi connectivity index (χ0) is 19.2. The van der Waals surface area contributed by atoms with Gasteiger partial charge in [-0.25, -0.2) is 0 Å². The van der Waals surface area contributed by atoms with Crippen LogP contribution in [0.15, 0.2) is 109 Å². The van der Waals surface area contributed by atoms with Crippen LogP contribution >= 0.6 is 0 Å². The minimum atomic E-state index is 0. The summed E-state index contributed by atoms with van der Waals surface area (Å²) in [5.41, 5.74) is 5.38. The predicted molar refractivity (Wildman–Crippen MR) is 126 cm³/mol.